The van der Waals surface area contributed by atoms with E-state index >= 15 is 0 Å². The third-order valence-corrected chi connectivity index (χ3v) is 5.16. The molecule has 0 spiro atoms. The van der Waals surface area contributed by atoms with Crippen molar-refractivity contribution < 1.29 is 9.53 Å². The summed E-state index contributed by atoms with van der Waals surface area (Å²) in [6.07, 6.45) is 3.12. The Labute approximate surface area is 171 Å². The maximum atomic E-state index is 12.2. The Balaban J connectivity index is 1.74. The van der Waals surface area contributed by atoms with Crippen LogP contribution in [0.2, 0.25) is 5.02 Å². The van der Waals surface area contributed by atoms with Crippen molar-refractivity contribution in [2.75, 3.05) is 17.8 Å². The van der Waals surface area contributed by atoms with Gasteiger partial charge in [-0.25, -0.2) is 0 Å². The third-order valence-electron chi connectivity index (χ3n) is 3.65. The van der Waals surface area contributed by atoms with Crippen molar-refractivity contribution in [3.05, 3.63) is 65.2 Å². The van der Waals surface area contributed by atoms with E-state index in [2.05, 4.69) is 10.2 Å². The van der Waals surface area contributed by atoms with Gasteiger partial charge in [-0.1, -0.05) is 47.1 Å². The Hall–Kier alpha value is -2.28. The Morgan fingerprint density at radius 3 is 2.56 bits per heavy atom. The van der Waals surface area contributed by atoms with E-state index in [1.54, 1.807) is 49.6 Å². The van der Waals surface area contributed by atoms with Crippen LogP contribution in [-0.4, -0.2) is 30.2 Å². The molecule has 1 aliphatic rings. The molecule has 0 aliphatic carbocycles. The molecule has 1 heterocycles. The molecule has 0 atom stereocenters. The topological polar surface area (TPSA) is 54.3 Å². The minimum atomic E-state index is -0.0474. The summed E-state index contributed by atoms with van der Waals surface area (Å²) >= 11 is 13.4. The molecule has 138 valence electrons. The van der Waals surface area contributed by atoms with Gasteiger partial charge in [-0.15, -0.1) is 5.10 Å². The van der Waals surface area contributed by atoms with Gasteiger partial charge in [0.25, 0.3) is 0 Å². The normalized spacial score (nSPS) is 16.6. The monoisotopic (exact) mass is 419 g/mol. The zero-order chi connectivity index (χ0) is 19.2. The maximum absolute atomic E-state index is 12.2. The molecule has 0 bridgehead atoms. The van der Waals surface area contributed by atoms with Crippen LogP contribution >= 0.6 is 35.0 Å². The number of nitrogens with zero attached hydrogens (tertiary/aromatic N) is 3. The van der Waals surface area contributed by atoms with Gasteiger partial charge in [0, 0.05) is 10.1 Å². The molecule has 1 saturated heterocycles. The summed E-state index contributed by atoms with van der Waals surface area (Å²) < 4.78 is 5.14. The van der Waals surface area contributed by atoms with E-state index < -0.39 is 0 Å². The van der Waals surface area contributed by atoms with Crippen LogP contribution in [0.15, 0.2) is 64.8 Å². The first-order valence-electron chi connectivity index (χ1n) is 7.91. The van der Waals surface area contributed by atoms with Crippen LogP contribution in [0.3, 0.4) is 0 Å². The van der Waals surface area contributed by atoms with Crippen LogP contribution in [0.1, 0.15) is 5.56 Å². The smallest absolute Gasteiger partial charge is 0.243 e. The summed E-state index contributed by atoms with van der Waals surface area (Å²) in [6, 6.07) is 14.4. The van der Waals surface area contributed by atoms with E-state index in [0.717, 1.165) is 17.0 Å². The van der Waals surface area contributed by atoms with Crippen molar-refractivity contribution in [3.63, 3.8) is 0 Å². The highest BCUT2D eigenvalue weighted by atomic mass is 35.5. The van der Waals surface area contributed by atoms with Gasteiger partial charge in [0.15, 0.2) is 5.17 Å². The van der Waals surface area contributed by atoms with Crippen LogP contribution in [0.4, 0.5) is 5.69 Å². The van der Waals surface area contributed by atoms with Crippen molar-refractivity contribution >= 4 is 63.0 Å². The van der Waals surface area contributed by atoms with Gasteiger partial charge in [-0.05, 0) is 48.0 Å². The number of hydrogen-bond acceptors (Lipinski definition) is 5. The summed E-state index contributed by atoms with van der Waals surface area (Å²) in [5, 5.41) is 9.84. The van der Waals surface area contributed by atoms with Crippen molar-refractivity contribution in [2.24, 2.45) is 10.2 Å². The second kappa shape index (κ2) is 9.08. The van der Waals surface area contributed by atoms with Crippen LogP contribution in [-0.2, 0) is 4.79 Å². The number of thioether (sulfide) groups is 1. The number of halogens is 2. The largest absolute Gasteiger partial charge is 0.497 e. The molecule has 5 nitrogen and oxygen atoms in total. The molecule has 27 heavy (non-hydrogen) atoms. The van der Waals surface area contributed by atoms with Crippen molar-refractivity contribution in [1.82, 2.24) is 0 Å². The first-order valence-corrected chi connectivity index (χ1v) is 9.65. The Morgan fingerprint density at radius 1 is 1.19 bits per heavy atom. The molecule has 0 radical (unpaired) electrons. The molecule has 0 unspecified atom stereocenters. The molecule has 3 rings (SSSR count). The minimum absolute atomic E-state index is 0.0474. The zero-order valence-electron chi connectivity index (χ0n) is 14.3. The summed E-state index contributed by atoms with van der Waals surface area (Å²) in [7, 11) is 1.59. The van der Waals surface area contributed by atoms with E-state index in [-0.39, 0.29) is 5.91 Å². The third kappa shape index (κ3) is 4.91. The van der Waals surface area contributed by atoms with E-state index in [1.165, 1.54) is 22.9 Å². The molecule has 0 aromatic heterocycles. The van der Waals surface area contributed by atoms with E-state index in [9.17, 15) is 4.79 Å². The van der Waals surface area contributed by atoms with E-state index in [4.69, 9.17) is 27.9 Å². The number of rotatable bonds is 5. The number of carbonyl (C=O) groups is 1. The Kier molecular flexibility index (Phi) is 6.55. The van der Waals surface area contributed by atoms with Gasteiger partial charge < -0.3 is 4.74 Å². The molecule has 1 fully saturated rings. The number of allylic oxidation sites excluding steroid dienone is 1. The molecule has 2 aromatic rings. The van der Waals surface area contributed by atoms with Crippen molar-refractivity contribution in [2.45, 2.75) is 0 Å². The molecule has 1 aliphatic heterocycles. The Bertz CT molecular complexity index is 910. The molecule has 0 saturated carbocycles. The lowest BCUT2D eigenvalue weighted by Gasteiger charge is -2.15. The van der Waals surface area contributed by atoms with E-state index in [0.29, 0.717) is 21.0 Å². The van der Waals surface area contributed by atoms with Crippen molar-refractivity contribution in [1.29, 1.82) is 0 Å². The fourth-order valence-electron chi connectivity index (χ4n) is 2.31. The van der Waals surface area contributed by atoms with Gasteiger partial charge in [-0.3, -0.25) is 9.69 Å². The number of amidine groups is 1. The quantitative estimate of drug-likeness (QED) is 0.503. The lowest BCUT2D eigenvalue weighted by Crippen LogP contribution is -2.28. The van der Waals surface area contributed by atoms with Crippen molar-refractivity contribution in [3.8, 4) is 5.75 Å². The number of hydrogen-bond donors (Lipinski definition) is 0. The highest BCUT2D eigenvalue weighted by Gasteiger charge is 2.29. The average molecular weight is 420 g/mol. The van der Waals surface area contributed by atoms with Gasteiger partial charge in [0.2, 0.25) is 5.91 Å². The summed E-state index contributed by atoms with van der Waals surface area (Å²) in [5.41, 5.74) is 1.54. The molecule has 0 N–H and O–H groups in total. The zero-order valence-corrected chi connectivity index (χ0v) is 16.6. The number of carbonyl (C=O) groups excluding carboxylic acids is 1. The van der Waals surface area contributed by atoms with Gasteiger partial charge in [-0.2, -0.15) is 5.10 Å². The van der Waals surface area contributed by atoms with E-state index in [1.807, 2.05) is 12.1 Å². The second-order valence-electron chi connectivity index (χ2n) is 5.38. The standard InChI is InChI=1S/C19H15Cl2N3O2S/c1-26-16-8-6-15(7-9-16)24-18(25)12-27-19(24)23-22-11-10-17(21)13-2-4-14(20)5-3-13/h2-11H,12H2,1H3/b17-10-,22-11+,23-19-. The fourth-order valence-corrected chi connectivity index (χ4v) is 3.44. The molecule has 2 aromatic carbocycles. The molecular formula is C19H15Cl2N3O2S. The summed E-state index contributed by atoms with van der Waals surface area (Å²) in [4.78, 5) is 13.7. The molecule has 1 amide bonds. The molecular weight excluding hydrogens is 405 g/mol. The first-order chi connectivity index (χ1) is 13.1. The lowest BCUT2D eigenvalue weighted by atomic mass is 10.2. The van der Waals surface area contributed by atoms with Gasteiger partial charge >= 0.3 is 0 Å². The SMILES string of the molecule is COc1ccc(N2C(=O)CS\C2=N/N=C/C=C(\Cl)c2ccc(Cl)cc2)cc1. The highest BCUT2D eigenvalue weighted by Crippen LogP contribution is 2.28. The number of methoxy groups -OCH3 is 1. The second-order valence-corrected chi connectivity index (χ2v) is 7.17. The van der Waals surface area contributed by atoms with Gasteiger partial charge in [0.1, 0.15) is 5.75 Å². The first kappa shape index (κ1) is 19.5. The van der Waals surface area contributed by atoms with Crippen LogP contribution in [0.25, 0.3) is 5.03 Å². The number of amides is 1. The Morgan fingerprint density at radius 2 is 1.89 bits per heavy atom. The number of ether oxygens (including phenoxy) is 1. The number of benzene rings is 2. The van der Waals surface area contributed by atoms with Gasteiger partial charge in [0.05, 0.1) is 24.8 Å². The van der Waals surface area contributed by atoms with Crippen LogP contribution in [0.5, 0.6) is 5.75 Å². The predicted molar refractivity (Wildman–Crippen MR) is 114 cm³/mol. The minimum Gasteiger partial charge on any atom is -0.497 e. The maximum Gasteiger partial charge on any atom is 0.243 e. The number of anilines is 1. The summed E-state index contributed by atoms with van der Waals surface area (Å²) in [5.74, 6) is 0.993. The van der Waals surface area contributed by atoms with Crippen LogP contribution < -0.4 is 9.64 Å². The lowest BCUT2D eigenvalue weighted by molar-refractivity contribution is -0.115. The van der Waals surface area contributed by atoms with Crippen LogP contribution in [0, 0.1) is 0 Å². The predicted octanol–water partition coefficient (Wildman–Crippen LogP) is 5.05. The summed E-state index contributed by atoms with van der Waals surface area (Å²) in [6.45, 7) is 0. The molecule has 8 heteroatoms. The fraction of sp³-hybridized carbons (Fsp3) is 0.105. The average Bonchev–Trinajstić information content (AvgIpc) is 3.06. The highest BCUT2D eigenvalue weighted by molar-refractivity contribution is 8.15.